The van der Waals surface area contributed by atoms with Crippen LogP contribution in [-0.4, -0.2) is 49.8 Å². The lowest BCUT2D eigenvalue weighted by molar-refractivity contribution is -0.140. The van der Waals surface area contributed by atoms with Crippen LogP contribution in [0, 0.1) is 13.8 Å². The number of carbonyl (C=O) groups excluding carboxylic acids is 1. The van der Waals surface area contributed by atoms with Gasteiger partial charge in [-0.15, -0.1) is 0 Å². The molecule has 3 rings (SSSR count). The van der Waals surface area contributed by atoms with Crippen LogP contribution in [0.1, 0.15) is 34.8 Å². The van der Waals surface area contributed by atoms with E-state index in [1.165, 1.54) is 12.1 Å². The van der Waals surface area contributed by atoms with Crippen LogP contribution in [0.25, 0.3) is 11.1 Å². The summed E-state index contributed by atoms with van der Waals surface area (Å²) in [5, 5.41) is 21.1. The number of aliphatic hydroxyl groups is 1. The van der Waals surface area contributed by atoms with Crippen molar-refractivity contribution in [2.75, 3.05) is 17.9 Å². The molecule has 0 aliphatic rings. The average Bonchev–Trinajstić information content (AvgIpc) is 2.87. The highest BCUT2D eigenvalue weighted by Gasteiger charge is 2.23. The zero-order valence-electron chi connectivity index (χ0n) is 21.1. The van der Waals surface area contributed by atoms with Gasteiger partial charge in [-0.25, -0.2) is 13.2 Å². The molecule has 9 nitrogen and oxygen atoms in total. The van der Waals surface area contributed by atoms with Crippen molar-refractivity contribution in [2.45, 2.75) is 38.1 Å². The molecular weight excluding hydrogens is 532 g/mol. The summed E-state index contributed by atoms with van der Waals surface area (Å²) in [5.41, 5.74) is 2.89. The van der Waals surface area contributed by atoms with E-state index in [-0.39, 0.29) is 16.2 Å². The summed E-state index contributed by atoms with van der Waals surface area (Å²) in [6, 6.07) is 13.2. The van der Waals surface area contributed by atoms with Crippen LogP contribution >= 0.6 is 11.6 Å². The monoisotopic (exact) mass is 560 g/mol. The molecule has 3 aromatic rings. The third kappa shape index (κ3) is 6.83. The van der Waals surface area contributed by atoms with Crippen molar-refractivity contribution in [2.24, 2.45) is 0 Å². The maximum absolute atomic E-state index is 13.1. The van der Waals surface area contributed by atoms with E-state index in [1.807, 2.05) is 6.92 Å². The molecule has 1 amide bonds. The van der Waals surface area contributed by atoms with Gasteiger partial charge in [-0.2, -0.15) is 0 Å². The van der Waals surface area contributed by atoms with Gasteiger partial charge in [0.25, 0.3) is 15.9 Å². The second-order valence-corrected chi connectivity index (χ2v) is 10.7. The van der Waals surface area contributed by atoms with E-state index in [4.69, 9.17) is 21.4 Å². The number of benzene rings is 3. The number of rotatable bonds is 11. The van der Waals surface area contributed by atoms with Gasteiger partial charge in [-0.05, 0) is 78.9 Å². The number of nitrogens with one attached hydrogen (secondary N) is 2. The SMILES string of the molecule is CCCOc1cc(-c2cccc(NS(=O)(=O)c3cc(C)c(Cl)cc3C)c2)ccc1C(=O)N[C@@H](CO)C(=O)O. The first-order valence-corrected chi connectivity index (χ1v) is 13.6. The third-order valence-corrected chi connectivity index (χ3v) is 7.60. The number of aliphatic carboxylic acids is 1. The lowest BCUT2D eigenvalue weighted by atomic mass is 10.0. The topological polar surface area (TPSA) is 142 Å². The predicted octanol–water partition coefficient (Wildman–Crippen LogP) is 4.39. The van der Waals surface area contributed by atoms with E-state index in [2.05, 4.69) is 10.0 Å². The summed E-state index contributed by atoms with van der Waals surface area (Å²) in [6.07, 6.45) is 0.667. The number of hydrogen-bond donors (Lipinski definition) is 4. The van der Waals surface area contributed by atoms with Gasteiger partial charge < -0.3 is 20.3 Å². The molecular formula is C27H29ClN2O7S. The summed E-state index contributed by atoms with van der Waals surface area (Å²) >= 11 is 6.12. The number of hydrogen-bond acceptors (Lipinski definition) is 6. The highest BCUT2D eigenvalue weighted by molar-refractivity contribution is 7.92. The van der Waals surface area contributed by atoms with Crippen molar-refractivity contribution in [1.82, 2.24) is 5.32 Å². The summed E-state index contributed by atoms with van der Waals surface area (Å²) in [6.45, 7) is 4.85. The molecule has 11 heteroatoms. The molecule has 0 fully saturated rings. The van der Waals surface area contributed by atoms with Crippen molar-refractivity contribution >= 4 is 39.2 Å². The van der Waals surface area contributed by atoms with Crippen molar-refractivity contribution < 1.29 is 33.0 Å². The number of carbonyl (C=O) groups is 2. The molecule has 0 aromatic heterocycles. The fraction of sp³-hybridized carbons (Fsp3) is 0.259. The Morgan fingerprint density at radius 3 is 2.39 bits per heavy atom. The lowest BCUT2D eigenvalue weighted by Gasteiger charge is -2.16. The van der Waals surface area contributed by atoms with Gasteiger partial charge in [0.1, 0.15) is 5.75 Å². The maximum atomic E-state index is 13.1. The van der Waals surface area contributed by atoms with Gasteiger partial charge in [-0.1, -0.05) is 36.7 Å². The summed E-state index contributed by atoms with van der Waals surface area (Å²) in [5.74, 6) is -1.85. The molecule has 0 heterocycles. The van der Waals surface area contributed by atoms with Crippen molar-refractivity contribution in [3.05, 3.63) is 76.3 Å². The van der Waals surface area contributed by atoms with Crippen LogP contribution in [-0.2, 0) is 14.8 Å². The Morgan fingerprint density at radius 2 is 1.74 bits per heavy atom. The highest BCUT2D eigenvalue weighted by Crippen LogP contribution is 2.31. The Balaban J connectivity index is 1.93. The van der Waals surface area contributed by atoms with Crippen LogP contribution in [0.3, 0.4) is 0 Å². The Hall–Kier alpha value is -3.60. The lowest BCUT2D eigenvalue weighted by Crippen LogP contribution is -2.43. The van der Waals surface area contributed by atoms with Crippen LogP contribution < -0.4 is 14.8 Å². The maximum Gasteiger partial charge on any atom is 0.328 e. The minimum absolute atomic E-state index is 0.104. The molecule has 38 heavy (non-hydrogen) atoms. The zero-order valence-corrected chi connectivity index (χ0v) is 22.7. The first-order valence-electron chi connectivity index (χ1n) is 11.8. The first kappa shape index (κ1) is 29.0. The fourth-order valence-electron chi connectivity index (χ4n) is 3.66. The number of carboxylic acid groups (broad SMARTS) is 1. The van der Waals surface area contributed by atoms with Gasteiger partial charge in [0.2, 0.25) is 0 Å². The van der Waals surface area contributed by atoms with E-state index in [0.717, 1.165) is 0 Å². The predicted molar refractivity (Wildman–Crippen MR) is 145 cm³/mol. The molecule has 0 saturated heterocycles. The molecule has 0 aliphatic heterocycles. The number of ether oxygens (including phenoxy) is 1. The third-order valence-electron chi connectivity index (χ3n) is 5.67. The summed E-state index contributed by atoms with van der Waals surface area (Å²) in [7, 11) is -3.90. The van der Waals surface area contributed by atoms with Crippen LogP contribution in [0.2, 0.25) is 5.02 Å². The van der Waals surface area contributed by atoms with Gasteiger partial charge >= 0.3 is 5.97 Å². The van der Waals surface area contributed by atoms with E-state index in [0.29, 0.717) is 46.0 Å². The molecule has 0 spiro atoms. The molecule has 0 unspecified atom stereocenters. The summed E-state index contributed by atoms with van der Waals surface area (Å²) < 4.78 is 34.6. The van der Waals surface area contributed by atoms with E-state index in [9.17, 15) is 23.1 Å². The first-order chi connectivity index (χ1) is 18.0. The molecule has 3 aromatic carbocycles. The number of sulfonamides is 1. The van der Waals surface area contributed by atoms with Crippen molar-refractivity contribution in [3.8, 4) is 16.9 Å². The molecule has 1 atom stereocenters. The fourth-order valence-corrected chi connectivity index (χ4v) is 5.24. The Labute approximate surface area is 226 Å². The second-order valence-electron chi connectivity index (χ2n) is 8.66. The number of halogens is 1. The van der Waals surface area contributed by atoms with Crippen molar-refractivity contribution in [3.63, 3.8) is 0 Å². The number of aliphatic hydroxyl groups excluding tert-OH is 1. The highest BCUT2D eigenvalue weighted by atomic mass is 35.5. The largest absolute Gasteiger partial charge is 0.493 e. The molecule has 0 bridgehead atoms. The number of anilines is 1. The molecule has 0 radical (unpaired) electrons. The zero-order chi connectivity index (χ0) is 28.0. The Kier molecular flexibility index (Phi) is 9.37. The Bertz CT molecular complexity index is 1460. The number of carboxylic acids is 1. The quantitative estimate of drug-likeness (QED) is 0.272. The number of aryl methyl sites for hydroxylation is 2. The van der Waals surface area contributed by atoms with E-state index in [1.54, 1.807) is 56.3 Å². The summed E-state index contributed by atoms with van der Waals surface area (Å²) in [4.78, 5) is 24.0. The van der Waals surface area contributed by atoms with Gasteiger partial charge in [-0.3, -0.25) is 9.52 Å². The molecule has 0 saturated carbocycles. The van der Waals surface area contributed by atoms with E-state index >= 15 is 0 Å². The van der Waals surface area contributed by atoms with Crippen LogP contribution in [0.15, 0.2) is 59.5 Å². The van der Waals surface area contributed by atoms with Crippen molar-refractivity contribution in [1.29, 1.82) is 0 Å². The molecule has 202 valence electrons. The molecule has 0 aliphatic carbocycles. The number of amides is 1. The standard InChI is InChI=1S/C27H29ClN2O7S/c1-4-10-37-24-14-19(8-9-21(24)26(32)29-23(15-31)27(33)34)18-6-5-7-20(13-18)30-38(35,36)25-12-16(2)22(28)11-17(25)3/h5-9,11-14,23,30-31H,4,10,15H2,1-3H3,(H,29,32)(H,33,34)/t23-/m0/s1. The normalized spacial score (nSPS) is 12.0. The van der Waals surface area contributed by atoms with Gasteiger partial charge in [0.15, 0.2) is 6.04 Å². The van der Waals surface area contributed by atoms with Gasteiger partial charge in [0.05, 0.1) is 23.7 Å². The van der Waals surface area contributed by atoms with Gasteiger partial charge in [0, 0.05) is 10.7 Å². The van der Waals surface area contributed by atoms with Crippen LogP contribution in [0.5, 0.6) is 5.75 Å². The molecule has 4 N–H and O–H groups in total. The van der Waals surface area contributed by atoms with E-state index < -0.39 is 34.5 Å². The average molecular weight is 561 g/mol. The minimum Gasteiger partial charge on any atom is -0.493 e. The Morgan fingerprint density at radius 1 is 1.03 bits per heavy atom. The smallest absolute Gasteiger partial charge is 0.328 e. The van der Waals surface area contributed by atoms with Crippen LogP contribution in [0.4, 0.5) is 5.69 Å². The minimum atomic E-state index is -3.90. The second kappa shape index (κ2) is 12.3.